The van der Waals surface area contributed by atoms with Crippen LogP contribution in [0.5, 0.6) is 0 Å². The van der Waals surface area contributed by atoms with Gasteiger partial charge in [-0.25, -0.2) is 0 Å². The van der Waals surface area contributed by atoms with E-state index in [0.29, 0.717) is 12.2 Å². The molecule has 2 aromatic rings. The number of hydrogen-bond donors (Lipinski definition) is 1. The molecule has 1 aromatic carbocycles. The summed E-state index contributed by atoms with van der Waals surface area (Å²) in [5.41, 5.74) is 9.87. The average Bonchev–Trinajstić information content (AvgIpc) is 2.83. The third-order valence-electron chi connectivity index (χ3n) is 3.46. The van der Waals surface area contributed by atoms with Crippen LogP contribution in [0.25, 0.3) is 11.1 Å². The molecule has 5 nitrogen and oxygen atoms in total. The number of nitrogen functional groups attached to an aromatic ring is 1. The van der Waals surface area contributed by atoms with E-state index in [4.69, 9.17) is 5.73 Å². The number of amides is 1. The fraction of sp³-hybridized carbons (Fsp3) is 0.231. The van der Waals surface area contributed by atoms with Gasteiger partial charge in [0.15, 0.2) is 0 Å². The highest BCUT2D eigenvalue weighted by atomic mass is 16.2. The lowest BCUT2D eigenvalue weighted by Gasteiger charge is -2.11. The van der Waals surface area contributed by atoms with Gasteiger partial charge in [0.1, 0.15) is 5.82 Å². The second-order valence-corrected chi connectivity index (χ2v) is 4.54. The van der Waals surface area contributed by atoms with E-state index in [1.807, 2.05) is 25.2 Å². The number of benzene rings is 1. The number of hydrogen-bond acceptors (Lipinski definition) is 3. The zero-order chi connectivity index (χ0) is 12.9. The molecule has 2 N–H and O–H groups in total. The number of nitrogens with two attached hydrogens (primary N) is 1. The number of anilines is 2. The Morgan fingerprint density at radius 3 is 2.78 bits per heavy atom. The van der Waals surface area contributed by atoms with Crippen LogP contribution in [0.4, 0.5) is 11.5 Å². The molecular weight excluding hydrogens is 228 g/mol. The van der Waals surface area contributed by atoms with Crippen LogP contribution in [0.3, 0.4) is 0 Å². The minimum atomic E-state index is 0.126. The average molecular weight is 242 g/mol. The second kappa shape index (κ2) is 3.60. The molecule has 18 heavy (non-hydrogen) atoms. The monoisotopic (exact) mass is 242 g/mol. The maximum absolute atomic E-state index is 11.6. The molecule has 0 saturated carbocycles. The summed E-state index contributed by atoms with van der Waals surface area (Å²) in [6.45, 7) is 0. The van der Waals surface area contributed by atoms with E-state index in [2.05, 4.69) is 5.10 Å². The molecule has 3 rings (SSSR count). The summed E-state index contributed by atoms with van der Waals surface area (Å²) >= 11 is 0. The van der Waals surface area contributed by atoms with Crippen LogP contribution in [-0.4, -0.2) is 22.7 Å². The fourth-order valence-electron chi connectivity index (χ4n) is 2.28. The maximum Gasteiger partial charge on any atom is 0.231 e. The predicted octanol–water partition coefficient (Wildman–Crippen LogP) is 1.19. The Hall–Kier alpha value is -2.30. The molecule has 92 valence electrons. The molecule has 0 spiro atoms. The second-order valence-electron chi connectivity index (χ2n) is 4.54. The first-order valence-corrected chi connectivity index (χ1v) is 5.75. The molecule has 1 amide bonds. The minimum absolute atomic E-state index is 0.126. The van der Waals surface area contributed by atoms with Crippen LogP contribution < -0.4 is 10.6 Å². The summed E-state index contributed by atoms with van der Waals surface area (Å²) in [6.07, 6.45) is 2.22. The van der Waals surface area contributed by atoms with Crippen LogP contribution in [-0.2, 0) is 18.3 Å². The van der Waals surface area contributed by atoms with Crippen LogP contribution in [0, 0.1) is 0 Å². The van der Waals surface area contributed by atoms with Crippen molar-refractivity contribution in [3.05, 3.63) is 30.0 Å². The van der Waals surface area contributed by atoms with Crippen molar-refractivity contribution in [3.8, 4) is 11.1 Å². The Kier molecular flexibility index (Phi) is 2.16. The third-order valence-corrected chi connectivity index (χ3v) is 3.46. The molecule has 0 bridgehead atoms. The molecule has 0 aliphatic carbocycles. The number of likely N-dealkylation sites (N-methyl/N-ethyl adjacent to an activating group) is 1. The Morgan fingerprint density at radius 1 is 1.33 bits per heavy atom. The number of carbonyl (C=O) groups is 1. The van der Waals surface area contributed by atoms with E-state index >= 15 is 0 Å². The number of aromatic nitrogens is 2. The standard InChI is InChI=1S/C13H14N4O/c1-16-11-5-8(3-4-9(11)6-12(16)18)10-7-15-17(2)13(10)14/h3-5,7H,6,14H2,1-2H3. The van der Waals surface area contributed by atoms with Crippen molar-refractivity contribution in [2.45, 2.75) is 6.42 Å². The number of fused-ring (bicyclic) bond motifs is 1. The number of rotatable bonds is 1. The van der Waals surface area contributed by atoms with Crippen LogP contribution >= 0.6 is 0 Å². The topological polar surface area (TPSA) is 64.2 Å². The van der Waals surface area contributed by atoms with Crippen molar-refractivity contribution in [2.75, 3.05) is 17.7 Å². The molecule has 0 radical (unpaired) electrons. The zero-order valence-electron chi connectivity index (χ0n) is 10.3. The van der Waals surface area contributed by atoms with E-state index in [-0.39, 0.29) is 5.91 Å². The molecule has 2 heterocycles. The van der Waals surface area contributed by atoms with Crippen LogP contribution in [0.15, 0.2) is 24.4 Å². The number of nitrogens with zero attached hydrogens (tertiary/aromatic N) is 3. The van der Waals surface area contributed by atoms with Gasteiger partial charge in [-0.15, -0.1) is 0 Å². The van der Waals surface area contributed by atoms with Gasteiger partial charge in [-0.2, -0.15) is 5.10 Å². The first-order chi connectivity index (χ1) is 8.58. The zero-order valence-corrected chi connectivity index (χ0v) is 10.3. The Balaban J connectivity index is 2.12. The normalized spacial score (nSPS) is 14.1. The highest BCUT2D eigenvalue weighted by Gasteiger charge is 2.24. The minimum Gasteiger partial charge on any atom is -0.383 e. The van der Waals surface area contributed by atoms with Gasteiger partial charge in [-0.3, -0.25) is 9.48 Å². The largest absolute Gasteiger partial charge is 0.383 e. The molecule has 5 heteroatoms. The van der Waals surface area contributed by atoms with Crippen molar-refractivity contribution in [3.63, 3.8) is 0 Å². The van der Waals surface area contributed by atoms with Gasteiger partial charge in [0, 0.05) is 25.3 Å². The van der Waals surface area contributed by atoms with Gasteiger partial charge in [-0.1, -0.05) is 12.1 Å². The first kappa shape index (κ1) is 10.8. The molecule has 0 saturated heterocycles. The maximum atomic E-state index is 11.6. The summed E-state index contributed by atoms with van der Waals surface area (Å²) in [6, 6.07) is 5.96. The lowest BCUT2D eigenvalue weighted by atomic mass is 10.0. The lowest BCUT2D eigenvalue weighted by Crippen LogP contribution is -2.20. The molecule has 1 aliphatic rings. The lowest BCUT2D eigenvalue weighted by molar-refractivity contribution is -0.117. The highest BCUT2D eigenvalue weighted by molar-refractivity contribution is 6.01. The van der Waals surface area contributed by atoms with E-state index in [0.717, 1.165) is 22.4 Å². The summed E-state index contributed by atoms with van der Waals surface area (Å²) < 4.78 is 1.64. The van der Waals surface area contributed by atoms with E-state index in [9.17, 15) is 4.79 Å². The molecule has 1 aromatic heterocycles. The fourth-order valence-corrected chi connectivity index (χ4v) is 2.28. The van der Waals surface area contributed by atoms with Gasteiger partial charge in [0.05, 0.1) is 12.6 Å². The molecule has 0 fully saturated rings. The van der Waals surface area contributed by atoms with E-state index in [1.54, 1.807) is 22.8 Å². The van der Waals surface area contributed by atoms with Gasteiger partial charge in [0.2, 0.25) is 5.91 Å². The van der Waals surface area contributed by atoms with Crippen molar-refractivity contribution in [1.29, 1.82) is 0 Å². The van der Waals surface area contributed by atoms with Crippen molar-refractivity contribution in [2.24, 2.45) is 7.05 Å². The van der Waals surface area contributed by atoms with Gasteiger partial charge >= 0.3 is 0 Å². The van der Waals surface area contributed by atoms with Crippen LogP contribution in [0.1, 0.15) is 5.56 Å². The van der Waals surface area contributed by atoms with Gasteiger partial charge in [0.25, 0.3) is 0 Å². The predicted molar refractivity (Wildman–Crippen MR) is 70.2 cm³/mol. The first-order valence-electron chi connectivity index (χ1n) is 5.75. The van der Waals surface area contributed by atoms with Crippen LogP contribution in [0.2, 0.25) is 0 Å². The van der Waals surface area contributed by atoms with Crippen molar-refractivity contribution in [1.82, 2.24) is 9.78 Å². The number of aryl methyl sites for hydroxylation is 1. The SMILES string of the molecule is CN1C(=O)Cc2ccc(-c3cnn(C)c3N)cc21. The summed E-state index contributed by atoms with van der Waals surface area (Å²) in [7, 11) is 3.60. The molecule has 0 unspecified atom stereocenters. The van der Waals surface area contributed by atoms with Crippen molar-refractivity contribution < 1.29 is 4.79 Å². The molecule has 0 atom stereocenters. The Labute approximate surface area is 105 Å². The third kappa shape index (κ3) is 1.40. The Morgan fingerprint density at radius 2 is 2.11 bits per heavy atom. The summed E-state index contributed by atoms with van der Waals surface area (Å²) in [5.74, 6) is 0.753. The quantitative estimate of drug-likeness (QED) is 0.817. The van der Waals surface area contributed by atoms with Gasteiger partial charge in [-0.05, 0) is 17.2 Å². The smallest absolute Gasteiger partial charge is 0.231 e. The van der Waals surface area contributed by atoms with Gasteiger partial charge < -0.3 is 10.6 Å². The highest BCUT2D eigenvalue weighted by Crippen LogP contribution is 2.34. The van der Waals surface area contributed by atoms with E-state index < -0.39 is 0 Å². The number of carbonyl (C=O) groups excluding carboxylic acids is 1. The van der Waals surface area contributed by atoms with Crippen molar-refractivity contribution >= 4 is 17.4 Å². The Bertz CT molecular complexity index is 644. The molecular formula is C13H14N4O. The molecule has 1 aliphatic heterocycles. The van der Waals surface area contributed by atoms with E-state index in [1.165, 1.54) is 0 Å². The summed E-state index contributed by atoms with van der Waals surface area (Å²) in [5, 5.41) is 4.13. The summed E-state index contributed by atoms with van der Waals surface area (Å²) in [4.78, 5) is 13.3.